The Hall–Kier alpha value is -1.38. The van der Waals surface area contributed by atoms with Crippen molar-refractivity contribution in [1.29, 1.82) is 5.26 Å². The van der Waals surface area contributed by atoms with Gasteiger partial charge in [0.1, 0.15) is 6.07 Å². The molecule has 0 saturated heterocycles. The predicted molar refractivity (Wildman–Crippen MR) is 73.7 cm³/mol. The summed E-state index contributed by atoms with van der Waals surface area (Å²) in [5.41, 5.74) is 2.41. The number of hydrogen-bond acceptors (Lipinski definition) is 4. The number of hydrogen-bond donors (Lipinski definition) is 1. The lowest BCUT2D eigenvalue weighted by Crippen LogP contribution is -1.93. The maximum Gasteiger partial charge on any atom is 0.187 e. The second-order valence-electron chi connectivity index (χ2n) is 3.59. The van der Waals surface area contributed by atoms with Crippen molar-refractivity contribution < 1.29 is 0 Å². The Morgan fingerprint density at radius 1 is 1.41 bits per heavy atom. The predicted octanol–water partition coefficient (Wildman–Crippen LogP) is 4.14. The average molecular weight is 308 g/mol. The molecule has 17 heavy (non-hydrogen) atoms. The van der Waals surface area contributed by atoms with Gasteiger partial charge in [0, 0.05) is 9.35 Å². The van der Waals surface area contributed by atoms with E-state index in [2.05, 4.69) is 32.3 Å². The summed E-state index contributed by atoms with van der Waals surface area (Å²) in [4.78, 5) is 5.57. The maximum absolute atomic E-state index is 9.05. The quantitative estimate of drug-likeness (QED) is 0.907. The molecule has 1 heterocycles. The van der Waals surface area contributed by atoms with Gasteiger partial charge in [0.05, 0.1) is 16.9 Å². The third-order valence-corrected chi connectivity index (χ3v) is 3.85. The van der Waals surface area contributed by atoms with Gasteiger partial charge in [0.25, 0.3) is 0 Å². The van der Waals surface area contributed by atoms with Gasteiger partial charge in [-0.2, -0.15) is 5.26 Å². The molecule has 0 aliphatic heterocycles. The van der Waals surface area contributed by atoms with E-state index in [4.69, 9.17) is 5.26 Å². The number of aryl methyl sites for hydroxylation is 2. The fraction of sp³-hybridized carbons (Fsp3) is 0.167. The molecule has 0 saturated carbocycles. The van der Waals surface area contributed by atoms with Gasteiger partial charge in [-0.15, -0.1) is 11.3 Å². The normalized spacial score (nSPS) is 10.0. The Balaban J connectivity index is 2.33. The molecule has 1 aromatic carbocycles. The van der Waals surface area contributed by atoms with E-state index in [9.17, 15) is 0 Å². The lowest BCUT2D eigenvalue weighted by Gasteiger charge is -2.04. The molecule has 1 N–H and O–H groups in total. The summed E-state index contributed by atoms with van der Waals surface area (Å²) in [5, 5.41) is 13.0. The summed E-state index contributed by atoms with van der Waals surface area (Å²) in [6.45, 7) is 4.01. The number of thiazole rings is 1. The van der Waals surface area contributed by atoms with Crippen LogP contribution in [-0.4, -0.2) is 4.98 Å². The molecule has 0 amide bonds. The first-order valence-corrected chi connectivity index (χ1v) is 6.62. The fourth-order valence-electron chi connectivity index (χ4n) is 1.36. The van der Waals surface area contributed by atoms with E-state index in [0.717, 1.165) is 21.0 Å². The highest BCUT2D eigenvalue weighted by molar-refractivity contribution is 9.10. The largest absolute Gasteiger partial charge is 0.330 e. The Bertz CT molecular complexity index is 579. The topological polar surface area (TPSA) is 48.7 Å². The van der Waals surface area contributed by atoms with E-state index in [1.807, 2.05) is 26.0 Å². The highest BCUT2D eigenvalue weighted by atomic mass is 79.9. The number of halogens is 1. The number of rotatable bonds is 2. The molecule has 0 radical (unpaired) electrons. The highest BCUT2D eigenvalue weighted by Crippen LogP contribution is 2.27. The van der Waals surface area contributed by atoms with Crippen LogP contribution in [0.5, 0.6) is 0 Å². The van der Waals surface area contributed by atoms with E-state index in [0.29, 0.717) is 5.56 Å². The SMILES string of the molecule is Cc1nc(Nc2ccc(Br)cc2C#N)sc1C. The van der Waals surface area contributed by atoms with Crippen molar-refractivity contribution in [2.75, 3.05) is 5.32 Å². The number of anilines is 2. The van der Waals surface area contributed by atoms with Crippen LogP contribution in [0.25, 0.3) is 0 Å². The van der Waals surface area contributed by atoms with Crippen LogP contribution in [0.3, 0.4) is 0 Å². The van der Waals surface area contributed by atoms with Crippen molar-refractivity contribution in [3.8, 4) is 6.07 Å². The zero-order valence-electron chi connectivity index (χ0n) is 9.41. The molecular weight excluding hydrogens is 298 g/mol. The van der Waals surface area contributed by atoms with E-state index < -0.39 is 0 Å². The molecule has 2 aromatic rings. The van der Waals surface area contributed by atoms with Crippen LogP contribution in [0.4, 0.5) is 10.8 Å². The summed E-state index contributed by atoms with van der Waals surface area (Å²) in [6, 6.07) is 7.72. The first-order valence-electron chi connectivity index (χ1n) is 5.01. The van der Waals surface area contributed by atoms with E-state index >= 15 is 0 Å². The summed E-state index contributed by atoms with van der Waals surface area (Å²) in [7, 11) is 0. The Morgan fingerprint density at radius 3 is 2.76 bits per heavy atom. The third kappa shape index (κ3) is 2.65. The zero-order chi connectivity index (χ0) is 12.4. The Morgan fingerprint density at radius 2 is 2.18 bits per heavy atom. The van der Waals surface area contributed by atoms with Gasteiger partial charge in [-0.05, 0) is 32.0 Å². The first-order chi connectivity index (χ1) is 8.10. The fourth-order valence-corrected chi connectivity index (χ4v) is 2.55. The standard InChI is InChI=1S/C12H10BrN3S/c1-7-8(2)17-12(15-7)16-11-4-3-10(13)5-9(11)6-14/h3-5H,1-2H3,(H,15,16). The van der Waals surface area contributed by atoms with Crippen molar-refractivity contribution in [2.24, 2.45) is 0 Å². The van der Waals surface area contributed by atoms with E-state index in [1.165, 1.54) is 4.88 Å². The molecule has 5 heteroatoms. The minimum Gasteiger partial charge on any atom is -0.330 e. The van der Waals surface area contributed by atoms with Crippen molar-refractivity contribution in [2.45, 2.75) is 13.8 Å². The molecule has 0 unspecified atom stereocenters. The molecule has 1 aromatic heterocycles. The summed E-state index contributed by atoms with van der Waals surface area (Å²) < 4.78 is 0.895. The number of nitriles is 1. The first kappa shape index (κ1) is 12.1. The van der Waals surface area contributed by atoms with Crippen LogP contribution in [0.15, 0.2) is 22.7 Å². The minimum absolute atomic E-state index is 0.602. The molecule has 0 aliphatic rings. The lowest BCUT2D eigenvalue weighted by molar-refractivity contribution is 1.23. The van der Waals surface area contributed by atoms with Gasteiger partial charge in [-0.3, -0.25) is 0 Å². The number of aromatic nitrogens is 1. The molecular formula is C12H10BrN3S. The molecule has 3 nitrogen and oxygen atoms in total. The van der Waals surface area contributed by atoms with Crippen LogP contribution in [0, 0.1) is 25.2 Å². The number of benzene rings is 1. The highest BCUT2D eigenvalue weighted by Gasteiger charge is 2.07. The zero-order valence-corrected chi connectivity index (χ0v) is 11.8. The molecule has 0 fully saturated rings. The van der Waals surface area contributed by atoms with Crippen molar-refractivity contribution in [1.82, 2.24) is 4.98 Å². The van der Waals surface area contributed by atoms with Gasteiger partial charge in [-0.25, -0.2) is 4.98 Å². The molecule has 86 valence electrons. The van der Waals surface area contributed by atoms with Crippen LogP contribution in [0.2, 0.25) is 0 Å². The van der Waals surface area contributed by atoms with Crippen molar-refractivity contribution in [3.05, 3.63) is 38.8 Å². The second kappa shape index (κ2) is 4.86. The van der Waals surface area contributed by atoms with Gasteiger partial charge in [0.15, 0.2) is 5.13 Å². The number of nitrogens with zero attached hydrogens (tertiary/aromatic N) is 2. The number of nitrogens with one attached hydrogen (secondary N) is 1. The van der Waals surface area contributed by atoms with Crippen molar-refractivity contribution >= 4 is 38.1 Å². The molecule has 0 aliphatic carbocycles. The molecule has 0 bridgehead atoms. The smallest absolute Gasteiger partial charge is 0.187 e. The molecule has 0 atom stereocenters. The average Bonchev–Trinajstić information content (AvgIpc) is 2.60. The maximum atomic E-state index is 9.05. The molecule has 0 spiro atoms. The van der Waals surface area contributed by atoms with Crippen LogP contribution in [-0.2, 0) is 0 Å². The van der Waals surface area contributed by atoms with Gasteiger partial charge in [-0.1, -0.05) is 15.9 Å². The lowest BCUT2D eigenvalue weighted by atomic mass is 10.2. The summed E-state index contributed by atoms with van der Waals surface area (Å²) >= 11 is 4.94. The monoisotopic (exact) mass is 307 g/mol. The van der Waals surface area contributed by atoms with Crippen LogP contribution in [0.1, 0.15) is 16.1 Å². The Kier molecular flexibility index (Phi) is 3.46. The van der Waals surface area contributed by atoms with Crippen LogP contribution < -0.4 is 5.32 Å². The summed E-state index contributed by atoms with van der Waals surface area (Å²) in [6.07, 6.45) is 0. The second-order valence-corrected chi connectivity index (χ2v) is 5.71. The van der Waals surface area contributed by atoms with Gasteiger partial charge < -0.3 is 5.32 Å². The minimum atomic E-state index is 0.602. The van der Waals surface area contributed by atoms with E-state index in [-0.39, 0.29) is 0 Å². The molecule has 2 rings (SSSR count). The van der Waals surface area contributed by atoms with E-state index in [1.54, 1.807) is 17.4 Å². The summed E-state index contributed by atoms with van der Waals surface area (Å²) in [5.74, 6) is 0. The van der Waals surface area contributed by atoms with Gasteiger partial charge in [0.2, 0.25) is 0 Å². The van der Waals surface area contributed by atoms with Crippen LogP contribution >= 0.6 is 27.3 Å². The van der Waals surface area contributed by atoms with Gasteiger partial charge >= 0.3 is 0 Å². The third-order valence-electron chi connectivity index (χ3n) is 2.37. The Labute approximate surface area is 112 Å². The van der Waals surface area contributed by atoms with Crippen molar-refractivity contribution in [3.63, 3.8) is 0 Å².